The molecule has 0 amide bonds. The molecule has 0 saturated heterocycles. The lowest BCUT2D eigenvalue weighted by Gasteiger charge is -2.09. The number of hydrogen-bond acceptors (Lipinski definition) is 3. The third kappa shape index (κ3) is 3.16. The Balaban J connectivity index is 2.38. The predicted octanol–water partition coefficient (Wildman–Crippen LogP) is 4.00. The molecule has 0 radical (unpaired) electrons. The molecule has 0 aliphatic carbocycles. The van der Waals surface area contributed by atoms with Crippen LogP contribution in [0, 0.1) is 17.5 Å². The third-order valence-electron chi connectivity index (χ3n) is 2.98. The van der Waals surface area contributed by atoms with Crippen molar-refractivity contribution in [3.63, 3.8) is 0 Å². The van der Waals surface area contributed by atoms with Crippen molar-refractivity contribution in [3.8, 4) is 17.2 Å². The Morgan fingerprint density at radius 3 is 1.64 bits per heavy atom. The molecular weight excluding hydrogens is 297 g/mol. The molecule has 2 aromatic carbocycles. The lowest BCUT2D eigenvalue weighted by Crippen LogP contribution is -1.91. The quantitative estimate of drug-likeness (QED) is 0.685. The lowest BCUT2D eigenvalue weighted by molar-refractivity contribution is 0.340. The van der Waals surface area contributed by atoms with Crippen molar-refractivity contribution in [2.45, 2.75) is 0 Å². The monoisotopic (exact) mass is 310 g/mol. The van der Waals surface area contributed by atoms with Crippen LogP contribution in [0.1, 0.15) is 11.1 Å². The van der Waals surface area contributed by atoms with Gasteiger partial charge < -0.3 is 14.6 Å². The topological polar surface area (TPSA) is 38.7 Å². The minimum atomic E-state index is -1.51. The molecule has 0 spiro atoms. The van der Waals surface area contributed by atoms with Crippen molar-refractivity contribution in [1.29, 1.82) is 0 Å². The zero-order chi connectivity index (χ0) is 16.3. The number of methoxy groups -OCH3 is 2. The second kappa shape index (κ2) is 6.43. The van der Waals surface area contributed by atoms with Gasteiger partial charge in [0.15, 0.2) is 29.0 Å². The number of rotatable bonds is 4. The first-order chi connectivity index (χ1) is 10.5. The highest BCUT2D eigenvalue weighted by Gasteiger charge is 2.11. The van der Waals surface area contributed by atoms with E-state index in [9.17, 15) is 18.3 Å². The normalized spacial score (nSPS) is 11.0. The fraction of sp³-hybridized carbons (Fsp3) is 0.125. The van der Waals surface area contributed by atoms with Crippen molar-refractivity contribution in [2.24, 2.45) is 0 Å². The fourth-order valence-electron chi connectivity index (χ4n) is 1.87. The first kappa shape index (κ1) is 15.8. The Kier molecular flexibility index (Phi) is 4.60. The first-order valence-corrected chi connectivity index (χ1v) is 6.24. The van der Waals surface area contributed by atoms with Gasteiger partial charge in [-0.15, -0.1) is 0 Å². The Bertz CT molecular complexity index is 679. The predicted molar refractivity (Wildman–Crippen MR) is 76.5 cm³/mol. The number of ether oxygens (including phenoxy) is 2. The molecule has 0 bridgehead atoms. The van der Waals surface area contributed by atoms with Gasteiger partial charge in [-0.25, -0.2) is 13.2 Å². The summed E-state index contributed by atoms with van der Waals surface area (Å²) < 4.78 is 49.2. The van der Waals surface area contributed by atoms with Gasteiger partial charge in [0.25, 0.3) is 0 Å². The largest absolute Gasteiger partial charge is 0.502 e. The number of phenolic OH excluding ortho intramolecular Hbond substituents is 1. The summed E-state index contributed by atoms with van der Waals surface area (Å²) in [7, 11) is 2.76. The second-order valence-corrected chi connectivity index (χ2v) is 4.41. The van der Waals surface area contributed by atoms with E-state index in [-0.39, 0.29) is 22.8 Å². The van der Waals surface area contributed by atoms with E-state index >= 15 is 0 Å². The molecule has 0 unspecified atom stereocenters. The highest BCUT2D eigenvalue weighted by atomic mass is 19.2. The zero-order valence-corrected chi connectivity index (χ0v) is 11.9. The number of hydrogen-bond donors (Lipinski definition) is 1. The third-order valence-corrected chi connectivity index (χ3v) is 2.98. The minimum Gasteiger partial charge on any atom is -0.502 e. The Morgan fingerprint density at radius 1 is 0.818 bits per heavy atom. The van der Waals surface area contributed by atoms with E-state index < -0.39 is 17.5 Å². The van der Waals surface area contributed by atoms with Crippen LogP contribution < -0.4 is 9.47 Å². The van der Waals surface area contributed by atoms with E-state index in [4.69, 9.17) is 9.47 Å². The van der Waals surface area contributed by atoms with Gasteiger partial charge in [0, 0.05) is 0 Å². The molecule has 0 aliphatic heterocycles. The molecule has 3 nitrogen and oxygen atoms in total. The van der Waals surface area contributed by atoms with Crippen LogP contribution in [0.3, 0.4) is 0 Å². The van der Waals surface area contributed by atoms with Gasteiger partial charge in [-0.3, -0.25) is 0 Å². The van der Waals surface area contributed by atoms with E-state index in [0.717, 1.165) is 12.1 Å². The highest BCUT2D eigenvalue weighted by Crippen LogP contribution is 2.37. The molecule has 6 heteroatoms. The first-order valence-electron chi connectivity index (χ1n) is 6.24. The van der Waals surface area contributed by atoms with Crippen molar-refractivity contribution in [2.75, 3.05) is 14.2 Å². The standard InChI is InChI=1S/C16H13F3O3/c1-21-13-7-10(8-14(22-2)16(13)20)4-3-9-5-11(17)15(19)12(18)6-9/h3-8,20H,1-2H3/b4-3+. The van der Waals surface area contributed by atoms with Gasteiger partial charge in [0.2, 0.25) is 5.75 Å². The van der Waals surface area contributed by atoms with Gasteiger partial charge in [-0.2, -0.15) is 0 Å². The molecule has 0 atom stereocenters. The van der Waals surface area contributed by atoms with Crippen LogP contribution in [0.25, 0.3) is 12.2 Å². The van der Waals surface area contributed by atoms with Gasteiger partial charge >= 0.3 is 0 Å². The fourth-order valence-corrected chi connectivity index (χ4v) is 1.87. The summed E-state index contributed by atoms with van der Waals surface area (Å²) in [6.45, 7) is 0. The van der Waals surface area contributed by atoms with Crippen LogP contribution in [0.5, 0.6) is 17.2 Å². The summed E-state index contributed by atoms with van der Waals surface area (Å²) in [4.78, 5) is 0. The maximum absolute atomic E-state index is 13.1. The van der Waals surface area contributed by atoms with E-state index in [1.807, 2.05) is 0 Å². The molecule has 2 rings (SSSR count). The molecular formula is C16H13F3O3. The average Bonchev–Trinajstić information content (AvgIpc) is 2.51. The number of benzene rings is 2. The molecule has 0 aliphatic rings. The van der Waals surface area contributed by atoms with Crippen LogP contribution in [-0.4, -0.2) is 19.3 Å². The van der Waals surface area contributed by atoms with Gasteiger partial charge in [0.05, 0.1) is 14.2 Å². The summed E-state index contributed by atoms with van der Waals surface area (Å²) in [5.74, 6) is -3.81. The second-order valence-electron chi connectivity index (χ2n) is 4.41. The van der Waals surface area contributed by atoms with E-state index in [0.29, 0.717) is 5.56 Å². The van der Waals surface area contributed by atoms with Crippen LogP contribution in [0.4, 0.5) is 13.2 Å². The molecule has 0 saturated carbocycles. The van der Waals surface area contributed by atoms with Crippen molar-refractivity contribution < 1.29 is 27.8 Å². The van der Waals surface area contributed by atoms with Gasteiger partial charge in [-0.1, -0.05) is 12.2 Å². The van der Waals surface area contributed by atoms with Crippen LogP contribution in [0.15, 0.2) is 24.3 Å². The van der Waals surface area contributed by atoms with Crippen molar-refractivity contribution in [3.05, 3.63) is 52.8 Å². The molecule has 0 aromatic heterocycles. The minimum absolute atomic E-state index is 0.152. The number of phenols is 1. The van der Waals surface area contributed by atoms with Crippen molar-refractivity contribution >= 4 is 12.2 Å². The summed E-state index contributed by atoms with van der Waals surface area (Å²) in [5, 5.41) is 9.79. The highest BCUT2D eigenvalue weighted by molar-refractivity contribution is 5.72. The summed E-state index contributed by atoms with van der Waals surface area (Å²) in [6.07, 6.45) is 2.92. The Hall–Kier alpha value is -2.63. The molecule has 1 N–H and O–H groups in total. The maximum Gasteiger partial charge on any atom is 0.200 e. The zero-order valence-electron chi connectivity index (χ0n) is 11.9. The summed E-state index contributed by atoms with van der Waals surface area (Å²) >= 11 is 0. The maximum atomic E-state index is 13.1. The summed E-state index contributed by atoms with van der Waals surface area (Å²) in [6, 6.07) is 4.79. The SMILES string of the molecule is COc1cc(/C=C/c2cc(F)c(F)c(F)c2)cc(OC)c1O. The van der Waals surface area contributed by atoms with Crippen LogP contribution >= 0.6 is 0 Å². The molecule has 2 aromatic rings. The molecule has 22 heavy (non-hydrogen) atoms. The van der Waals surface area contributed by atoms with E-state index in [1.165, 1.54) is 38.5 Å². The Labute approximate surface area is 125 Å². The van der Waals surface area contributed by atoms with E-state index in [1.54, 1.807) is 0 Å². The number of aromatic hydroxyl groups is 1. The smallest absolute Gasteiger partial charge is 0.200 e. The van der Waals surface area contributed by atoms with Crippen LogP contribution in [-0.2, 0) is 0 Å². The van der Waals surface area contributed by atoms with Gasteiger partial charge in [0.1, 0.15) is 0 Å². The van der Waals surface area contributed by atoms with Gasteiger partial charge in [-0.05, 0) is 35.4 Å². The Morgan fingerprint density at radius 2 is 1.23 bits per heavy atom. The molecule has 0 heterocycles. The number of halogens is 3. The summed E-state index contributed by atoms with van der Waals surface area (Å²) in [5.41, 5.74) is 0.721. The molecule has 116 valence electrons. The van der Waals surface area contributed by atoms with E-state index in [2.05, 4.69) is 0 Å². The average molecular weight is 310 g/mol. The lowest BCUT2D eigenvalue weighted by atomic mass is 10.1. The van der Waals surface area contributed by atoms with Crippen LogP contribution in [0.2, 0.25) is 0 Å². The molecule has 0 fully saturated rings. The van der Waals surface area contributed by atoms with Crippen molar-refractivity contribution in [1.82, 2.24) is 0 Å².